The molecule has 0 spiro atoms. The molecule has 5 N–H and O–H groups in total. The van der Waals surface area contributed by atoms with Gasteiger partial charge in [0.25, 0.3) is 0 Å². The van der Waals surface area contributed by atoms with Gasteiger partial charge in [0.05, 0.1) is 24.6 Å². The second-order valence-electron chi connectivity index (χ2n) is 12.0. The zero-order valence-electron chi connectivity index (χ0n) is 24.7. The minimum absolute atomic E-state index is 0.0168. The van der Waals surface area contributed by atoms with Crippen molar-refractivity contribution < 1.29 is 38.9 Å². The number of ketones is 4. The maximum Gasteiger partial charge on any atom is 0.235 e. The second kappa shape index (κ2) is 11.3. The number of carbonyl (C=O) groups is 5. The molecule has 2 aromatic rings. The Morgan fingerprint density at radius 2 is 1.84 bits per heavy atom. The van der Waals surface area contributed by atoms with Gasteiger partial charge in [0, 0.05) is 18.0 Å². The van der Waals surface area contributed by atoms with Crippen LogP contribution in [-0.4, -0.2) is 83.5 Å². The maximum atomic E-state index is 14.1. The number of fused-ring (bicyclic) bond motifs is 3. The van der Waals surface area contributed by atoms with Crippen molar-refractivity contribution in [2.75, 3.05) is 27.7 Å². The first-order valence-electron chi connectivity index (χ1n) is 14.5. The molecule has 0 aliphatic heterocycles. The molecule has 2 unspecified atom stereocenters. The van der Waals surface area contributed by atoms with Crippen molar-refractivity contribution in [1.29, 1.82) is 0 Å². The van der Waals surface area contributed by atoms with Gasteiger partial charge in [-0.05, 0) is 80.7 Å². The number of hydrogen-bond acceptors (Lipinski definition) is 10. The Hall–Kier alpha value is -3.93. The summed E-state index contributed by atoms with van der Waals surface area (Å²) in [5, 5.41) is 26.0. The monoisotopic (exact) mass is 591 g/mol. The van der Waals surface area contributed by atoms with Crippen LogP contribution < -0.4 is 15.8 Å². The van der Waals surface area contributed by atoms with E-state index < -0.39 is 64.4 Å². The third-order valence-electron chi connectivity index (χ3n) is 9.25. The van der Waals surface area contributed by atoms with Gasteiger partial charge < -0.3 is 26.0 Å². The highest BCUT2D eigenvalue weighted by molar-refractivity contribution is 6.32. The van der Waals surface area contributed by atoms with Crippen molar-refractivity contribution >= 4 is 29.0 Å². The van der Waals surface area contributed by atoms with E-state index >= 15 is 0 Å². The van der Waals surface area contributed by atoms with Gasteiger partial charge in [-0.25, -0.2) is 0 Å². The first-order valence-corrected chi connectivity index (χ1v) is 14.5. The molecule has 5 rings (SSSR count). The molecule has 0 saturated heterocycles. The number of amides is 1. The van der Waals surface area contributed by atoms with E-state index in [1.54, 1.807) is 27.3 Å². The van der Waals surface area contributed by atoms with Crippen LogP contribution in [0.15, 0.2) is 30.3 Å². The number of nitrogens with zero attached hydrogens (tertiary/aromatic N) is 1. The van der Waals surface area contributed by atoms with Crippen LogP contribution >= 0.6 is 0 Å². The molecule has 3 aliphatic rings. The smallest absolute Gasteiger partial charge is 0.235 e. The summed E-state index contributed by atoms with van der Waals surface area (Å²) in [6.07, 6.45) is 1.12. The number of hydrogen-bond donors (Lipinski definition) is 4. The lowest BCUT2D eigenvalue weighted by Crippen LogP contribution is -2.74. The number of aliphatic hydroxyl groups is 1. The van der Waals surface area contributed by atoms with Crippen molar-refractivity contribution in [2.24, 2.45) is 29.4 Å². The molecule has 1 amide bonds. The van der Waals surface area contributed by atoms with Crippen molar-refractivity contribution in [3.8, 4) is 22.6 Å². The molecule has 2 aromatic carbocycles. The molecule has 43 heavy (non-hydrogen) atoms. The predicted molar refractivity (Wildman–Crippen MR) is 155 cm³/mol. The Kier molecular flexibility index (Phi) is 8.02. The first kappa shape index (κ1) is 30.5. The highest BCUT2D eigenvalue weighted by Gasteiger charge is 2.69. The van der Waals surface area contributed by atoms with Crippen LogP contribution in [0.3, 0.4) is 0 Å². The number of nitrogens with one attached hydrogen (secondary N) is 1. The summed E-state index contributed by atoms with van der Waals surface area (Å²) in [4.78, 5) is 68.5. The topological polar surface area (TPSA) is 176 Å². The third-order valence-corrected chi connectivity index (χ3v) is 9.25. The number of phenolic OH excluding ortho intramolecular Hbond substituents is 1. The summed E-state index contributed by atoms with van der Waals surface area (Å²) in [5.41, 5.74) is 5.43. The Bertz CT molecular complexity index is 1530. The molecule has 2 fully saturated rings. The van der Waals surface area contributed by atoms with Gasteiger partial charge >= 0.3 is 0 Å². The van der Waals surface area contributed by atoms with Crippen molar-refractivity contribution in [3.63, 3.8) is 0 Å². The third kappa shape index (κ3) is 4.66. The fraction of sp³-hybridized carbons (Fsp3) is 0.469. The second-order valence-corrected chi connectivity index (χ2v) is 12.0. The average Bonchev–Trinajstić information content (AvgIpc) is 2.95. The number of likely N-dealkylation sites (N-methyl/N-ethyl adjacent to an activating group) is 1. The first-order chi connectivity index (χ1) is 20.4. The van der Waals surface area contributed by atoms with Gasteiger partial charge in [0.15, 0.2) is 34.7 Å². The Balaban J connectivity index is 1.63. The number of nitrogens with two attached hydrogens (primary N) is 1. The quantitative estimate of drug-likeness (QED) is 0.256. The standard InChI is InChI=1S/C32H37N3O8/c1-5-10-34-14-15-6-9-22(43-4)18(11-15)17-7-8-21(36)24-19(17)12-16-13-20-26(35(2)3)28(38)25(31(33)41)30(40)32(20,42)29(39)23(16)27(24)37/h6-9,11,16,20,23,25-26,34,36,42H,5,10,12-14H2,1-4H3,(H2,33,41)/t16-,20-,23?,25?,26-,32-/m0/s1. The number of methoxy groups -OCH3 is 1. The summed E-state index contributed by atoms with van der Waals surface area (Å²) in [6.45, 7) is 3.53. The molecule has 11 heteroatoms. The van der Waals surface area contributed by atoms with Crippen LogP contribution in [0.25, 0.3) is 11.1 Å². The van der Waals surface area contributed by atoms with Gasteiger partial charge in [0.2, 0.25) is 5.91 Å². The van der Waals surface area contributed by atoms with Crippen LogP contribution in [0.2, 0.25) is 0 Å². The zero-order valence-corrected chi connectivity index (χ0v) is 24.7. The molecule has 0 heterocycles. The Morgan fingerprint density at radius 1 is 1.12 bits per heavy atom. The van der Waals surface area contributed by atoms with Crippen molar-refractivity contribution in [3.05, 3.63) is 47.0 Å². The highest BCUT2D eigenvalue weighted by Crippen LogP contribution is 2.52. The van der Waals surface area contributed by atoms with Crippen molar-refractivity contribution in [2.45, 2.75) is 44.4 Å². The van der Waals surface area contributed by atoms with E-state index in [0.717, 1.165) is 18.5 Å². The molecular weight excluding hydrogens is 554 g/mol. The molecule has 2 saturated carbocycles. The van der Waals surface area contributed by atoms with Crippen LogP contribution in [0.1, 0.15) is 41.3 Å². The lowest BCUT2D eigenvalue weighted by Gasteiger charge is -2.52. The van der Waals surface area contributed by atoms with E-state index in [-0.39, 0.29) is 24.2 Å². The number of Topliss-reactive ketones (excluding diaryl/α,β-unsaturated/α-hetero) is 4. The van der Waals surface area contributed by atoms with Crippen LogP contribution in [0.5, 0.6) is 11.5 Å². The summed E-state index contributed by atoms with van der Waals surface area (Å²) in [5.74, 6) is -10.2. The molecule has 0 aromatic heterocycles. The number of primary amides is 1. The zero-order chi connectivity index (χ0) is 31.4. The minimum atomic E-state index is -2.76. The molecule has 0 radical (unpaired) electrons. The highest BCUT2D eigenvalue weighted by atomic mass is 16.5. The van der Waals surface area contributed by atoms with Gasteiger partial charge in [-0.15, -0.1) is 0 Å². The predicted octanol–water partition coefficient (Wildman–Crippen LogP) is 1.04. The van der Waals surface area contributed by atoms with Gasteiger partial charge in [0.1, 0.15) is 11.5 Å². The van der Waals surface area contributed by atoms with Gasteiger partial charge in [-0.3, -0.25) is 28.9 Å². The molecule has 3 aliphatic carbocycles. The molecular formula is C32H37N3O8. The molecule has 0 bridgehead atoms. The molecule has 228 valence electrons. The molecule has 6 atom stereocenters. The molecule has 11 nitrogen and oxygen atoms in total. The maximum absolute atomic E-state index is 14.1. The van der Waals surface area contributed by atoms with E-state index in [2.05, 4.69) is 12.2 Å². The number of aromatic hydroxyl groups is 1. The fourth-order valence-electron chi connectivity index (χ4n) is 7.34. The van der Waals surface area contributed by atoms with Gasteiger partial charge in [-0.2, -0.15) is 0 Å². The van der Waals surface area contributed by atoms with E-state index in [1.165, 1.54) is 11.0 Å². The fourth-order valence-corrected chi connectivity index (χ4v) is 7.34. The summed E-state index contributed by atoms with van der Waals surface area (Å²) in [6, 6.07) is 7.67. The number of carbonyl (C=O) groups excluding carboxylic acids is 5. The van der Waals surface area contributed by atoms with E-state index in [1.807, 2.05) is 18.2 Å². The number of ether oxygens (including phenoxy) is 1. The summed E-state index contributed by atoms with van der Waals surface area (Å²) < 4.78 is 5.66. The lowest BCUT2D eigenvalue weighted by molar-refractivity contribution is -0.181. The summed E-state index contributed by atoms with van der Waals surface area (Å²) in [7, 11) is 4.65. The van der Waals surface area contributed by atoms with Crippen molar-refractivity contribution in [1.82, 2.24) is 10.2 Å². The summed E-state index contributed by atoms with van der Waals surface area (Å²) >= 11 is 0. The largest absolute Gasteiger partial charge is 0.507 e. The SMILES string of the molecule is CCCNCc1ccc(OC)c(-c2ccc(O)c3c2C[C@H]2C[C@H]4[C@H](N(C)C)C(=O)C(C(N)=O)C(=O)[C@@]4(O)C(=O)C2C3=O)c1. The van der Waals surface area contributed by atoms with E-state index in [0.29, 0.717) is 29.0 Å². The van der Waals surface area contributed by atoms with Crippen LogP contribution in [0, 0.1) is 23.7 Å². The van der Waals surface area contributed by atoms with Gasteiger partial charge in [-0.1, -0.05) is 19.1 Å². The van der Waals surface area contributed by atoms with E-state index in [9.17, 15) is 34.2 Å². The minimum Gasteiger partial charge on any atom is -0.507 e. The lowest BCUT2D eigenvalue weighted by atomic mass is 9.52. The number of rotatable bonds is 8. The van der Waals surface area contributed by atoms with Crippen LogP contribution in [-0.2, 0) is 32.1 Å². The number of benzene rings is 2. The normalized spacial score (nSPS) is 28.4. The number of phenols is 1. The van der Waals surface area contributed by atoms with E-state index in [4.69, 9.17) is 10.5 Å². The Morgan fingerprint density at radius 3 is 2.47 bits per heavy atom. The average molecular weight is 592 g/mol. The van der Waals surface area contributed by atoms with Crippen LogP contribution in [0.4, 0.5) is 0 Å². The Labute approximate surface area is 249 Å².